The molecule has 0 spiro atoms. The summed E-state index contributed by atoms with van der Waals surface area (Å²) in [6.07, 6.45) is 3.97. The van der Waals surface area contributed by atoms with Gasteiger partial charge in [0, 0.05) is 32.2 Å². The SMILES string of the molecule is Cc1cc(C#N)ccc1C1=CCN(S(=O)(=O)CC2(C(=O)N(O)c3ccccc3)CCN(C(=O)OCC3CCCN3)CC2)CC1. The van der Waals surface area contributed by atoms with Crippen molar-refractivity contribution in [3.05, 3.63) is 71.3 Å². The molecule has 234 valence electrons. The van der Waals surface area contributed by atoms with Gasteiger partial charge in [-0.05, 0) is 86.5 Å². The van der Waals surface area contributed by atoms with Crippen LogP contribution in [0.5, 0.6) is 0 Å². The van der Waals surface area contributed by atoms with Crippen molar-refractivity contribution in [3.8, 4) is 6.07 Å². The van der Waals surface area contributed by atoms with Gasteiger partial charge in [-0.1, -0.05) is 30.3 Å². The third-order valence-corrected chi connectivity index (χ3v) is 11.0. The van der Waals surface area contributed by atoms with Crippen molar-refractivity contribution in [2.24, 2.45) is 5.41 Å². The fourth-order valence-corrected chi connectivity index (χ4v) is 8.26. The standard InChI is InChI=1S/C32H39N5O6S/c1-24-20-25(21-33)9-10-29(24)26-11-16-36(17-12-26)44(41,42)23-32(30(38)37(40)28-7-3-2-4-8-28)13-18-35(19-14-32)31(39)43-22-27-6-5-15-34-27/h2-4,7-11,20,27,34,40H,5-6,12-19,22-23H2,1H3. The molecular weight excluding hydrogens is 582 g/mol. The lowest BCUT2D eigenvalue weighted by atomic mass is 9.79. The van der Waals surface area contributed by atoms with Gasteiger partial charge in [-0.15, -0.1) is 0 Å². The van der Waals surface area contributed by atoms with Crippen LogP contribution in [0.2, 0.25) is 0 Å². The number of sulfonamides is 1. The molecule has 11 nitrogen and oxygen atoms in total. The molecule has 2 aromatic rings. The number of nitriles is 1. The van der Waals surface area contributed by atoms with E-state index in [1.54, 1.807) is 36.4 Å². The number of amides is 2. The Labute approximate surface area is 258 Å². The molecule has 0 saturated carbocycles. The van der Waals surface area contributed by atoms with Gasteiger partial charge in [0.2, 0.25) is 10.0 Å². The number of rotatable bonds is 8. The zero-order valence-electron chi connectivity index (χ0n) is 24.9. The molecule has 0 aromatic heterocycles. The third-order valence-electron chi connectivity index (χ3n) is 8.92. The van der Waals surface area contributed by atoms with Gasteiger partial charge in [0.15, 0.2) is 0 Å². The highest BCUT2D eigenvalue weighted by atomic mass is 32.2. The van der Waals surface area contributed by atoms with E-state index in [-0.39, 0.29) is 57.4 Å². The molecule has 1 unspecified atom stereocenters. The van der Waals surface area contributed by atoms with Crippen molar-refractivity contribution in [1.29, 1.82) is 5.26 Å². The number of aryl methyl sites for hydroxylation is 1. The second kappa shape index (κ2) is 13.5. The number of hydrogen-bond acceptors (Lipinski definition) is 8. The minimum Gasteiger partial charge on any atom is -0.448 e. The summed E-state index contributed by atoms with van der Waals surface area (Å²) in [6.45, 7) is 3.73. The van der Waals surface area contributed by atoms with Crippen LogP contribution in [-0.2, 0) is 19.6 Å². The van der Waals surface area contributed by atoms with Crippen LogP contribution in [0.1, 0.15) is 48.8 Å². The first kappa shape index (κ1) is 31.7. The number of nitrogens with zero attached hydrogens (tertiary/aromatic N) is 4. The summed E-state index contributed by atoms with van der Waals surface area (Å²) < 4.78 is 34.6. The van der Waals surface area contributed by atoms with E-state index in [0.717, 1.165) is 36.1 Å². The van der Waals surface area contributed by atoms with Crippen LogP contribution in [0.15, 0.2) is 54.6 Å². The van der Waals surface area contributed by atoms with E-state index in [2.05, 4.69) is 11.4 Å². The van der Waals surface area contributed by atoms with Gasteiger partial charge in [-0.3, -0.25) is 10.0 Å². The lowest BCUT2D eigenvalue weighted by Crippen LogP contribution is -2.55. The molecule has 2 saturated heterocycles. The molecule has 5 rings (SSSR count). The molecular formula is C32H39N5O6S. The minimum absolute atomic E-state index is 0.0606. The number of anilines is 1. The van der Waals surface area contributed by atoms with Gasteiger partial charge < -0.3 is 15.0 Å². The molecule has 0 aliphatic carbocycles. The molecule has 2 amide bonds. The van der Waals surface area contributed by atoms with Crippen LogP contribution in [0.25, 0.3) is 5.57 Å². The van der Waals surface area contributed by atoms with E-state index in [1.165, 1.54) is 9.21 Å². The molecule has 3 heterocycles. The average Bonchev–Trinajstić information content (AvgIpc) is 3.57. The summed E-state index contributed by atoms with van der Waals surface area (Å²) in [5, 5.41) is 24.0. The van der Waals surface area contributed by atoms with Gasteiger partial charge in [-0.2, -0.15) is 14.6 Å². The number of carbonyl (C=O) groups is 2. The van der Waals surface area contributed by atoms with Crippen molar-refractivity contribution in [2.75, 3.05) is 50.1 Å². The highest BCUT2D eigenvalue weighted by Crippen LogP contribution is 2.38. The maximum absolute atomic E-state index is 13.9. The van der Waals surface area contributed by atoms with Crippen molar-refractivity contribution in [2.45, 2.75) is 45.1 Å². The van der Waals surface area contributed by atoms with Crippen molar-refractivity contribution >= 4 is 33.3 Å². The first-order chi connectivity index (χ1) is 21.1. The summed E-state index contributed by atoms with van der Waals surface area (Å²) in [7, 11) is -3.94. The topological polar surface area (TPSA) is 143 Å². The van der Waals surface area contributed by atoms with E-state index in [9.17, 15) is 28.5 Å². The van der Waals surface area contributed by atoms with E-state index in [0.29, 0.717) is 17.0 Å². The smallest absolute Gasteiger partial charge is 0.409 e. The Morgan fingerprint density at radius 1 is 1.16 bits per heavy atom. The lowest BCUT2D eigenvalue weighted by Gasteiger charge is -2.42. The van der Waals surface area contributed by atoms with Crippen molar-refractivity contribution < 1.29 is 28.0 Å². The maximum atomic E-state index is 13.9. The lowest BCUT2D eigenvalue weighted by molar-refractivity contribution is -0.135. The number of benzene rings is 2. The van der Waals surface area contributed by atoms with Crippen LogP contribution < -0.4 is 10.4 Å². The Morgan fingerprint density at radius 2 is 1.91 bits per heavy atom. The molecule has 3 aliphatic heterocycles. The highest BCUT2D eigenvalue weighted by Gasteiger charge is 2.49. The Hall–Kier alpha value is -3.76. The van der Waals surface area contributed by atoms with E-state index in [1.807, 2.05) is 25.1 Å². The number of ether oxygens (including phenoxy) is 1. The normalized spacial score (nSPS) is 20.4. The predicted molar refractivity (Wildman–Crippen MR) is 165 cm³/mol. The molecule has 12 heteroatoms. The highest BCUT2D eigenvalue weighted by molar-refractivity contribution is 7.89. The van der Waals surface area contributed by atoms with Gasteiger partial charge in [0.25, 0.3) is 5.91 Å². The summed E-state index contributed by atoms with van der Waals surface area (Å²) in [6, 6.07) is 16.0. The molecule has 0 radical (unpaired) electrons. The molecule has 2 N–H and O–H groups in total. The first-order valence-electron chi connectivity index (χ1n) is 15.0. The van der Waals surface area contributed by atoms with E-state index >= 15 is 0 Å². The summed E-state index contributed by atoms with van der Waals surface area (Å²) in [4.78, 5) is 28.2. The molecule has 0 bridgehead atoms. The zero-order chi connectivity index (χ0) is 31.3. The molecule has 1 atom stereocenters. The number of likely N-dealkylation sites (tertiary alicyclic amines) is 1. The quantitative estimate of drug-likeness (QED) is 0.336. The van der Waals surface area contributed by atoms with Gasteiger partial charge in [-0.25, -0.2) is 13.2 Å². The third kappa shape index (κ3) is 6.97. The van der Waals surface area contributed by atoms with Gasteiger partial charge in [0.05, 0.1) is 28.5 Å². The Morgan fingerprint density at radius 3 is 2.52 bits per heavy atom. The molecule has 2 aromatic carbocycles. The fraction of sp³-hybridized carbons (Fsp3) is 0.469. The van der Waals surface area contributed by atoms with Gasteiger partial charge in [0.1, 0.15) is 6.61 Å². The minimum atomic E-state index is -3.94. The predicted octanol–water partition coefficient (Wildman–Crippen LogP) is 3.68. The Kier molecular flexibility index (Phi) is 9.70. The van der Waals surface area contributed by atoms with Crippen LogP contribution >= 0.6 is 0 Å². The van der Waals surface area contributed by atoms with Crippen LogP contribution in [0.3, 0.4) is 0 Å². The van der Waals surface area contributed by atoms with Crippen LogP contribution in [0.4, 0.5) is 10.5 Å². The maximum Gasteiger partial charge on any atom is 0.409 e. The Balaban J connectivity index is 1.31. The van der Waals surface area contributed by atoms with E-state index in [4.69, 9.17) is 4.74 Å². The van der Waals surface area contributed by atoms with E-state index < -0.39 is 33.2 Å². The van der Waals surface area contributed by atoms with Crippen molar-refractivity contribution in [1.82, 2.24) is 14.5 Å². The summed E-state index contributed by atoms with van der Waals surface area (Å²) >= 11 is 0. The Bertz CT molecular complexity index is 1540. The monoisotopic (exact) mass is 621 g/mol. The average molecular weight is 622 g/mol. The number of hydroxylamine groups is 1. The number of hydrogen-bond donors (Lipinski definition) is 2. The second-order valence-electron chi connectivity index (χ2n) is 11.8. The largest absolute Gasteiger partial charge is 0.448 e. The zero-order valence-corrected chi connectivity index (χ0v) is 25.8. The molecule has 44 heavy (non-hydrogen) atoms. The number of piperidine rings is 1. The van der Waals surface area contributed by atoms with Crippen molar-refractivity contribution in [3.63, 3.8) is 0 Å². The first-order valence-corrected chi connectivity index (χ1v) is 16.6. The van der Waals surface area contributed by atoms with Crippen LogP contribution in [0, 0.1) is 23.7 Å². The number of nitrogens with one attached hydrogen (secondary N) is 1. The molecule has 3 aliphatic rings. The fourth-order valence-electron chi connectivity index (χ4n) is 6.29. The molecule has 2 fully saturated rings. The summed E-state index contributed by atoms with van der Waals surface area (Å²) in [5.74, 6) is -1.20. The second-order valence-corrected chi connectivity index (χ2v) is 13.8. The summed E-state index contributed by atoms with van der Waals surface area (Å²) in [5.41, 5.74) is 2.30. The number of carbonyl (C=O) groups excluding carboxylic acids is 2. The van der Waals surface area contributed by atoms with Crippen LogP contribution in [-0.4, -0.2) is 86.0 Å². The number of para-hydroxylation sites is 1. The van der Waals surface area contributed by atoms with Gasteiger partial charge >= 0.3 is 6.09 Å².